The first-order valence-electron chi connectivity index (χ1n) is 23.2. The number of benzene rings is 2. The number of sulfonamides is 2. The second-order valence-corrected chi connectivity index (χ2v) is 21.7. The Balaban J connectivity index is 0.000000227. The Hall–Kier alpha value is -5.70. The highest BCUT2D eigenvalue weighted by Crippen LogP contribution is 2.36. The van der Waals surface area contributed by atoms with Crippen LogP contribution in [-0.4, -0.2) is 106 Å². The van der Waals surface area contributed by atoms with Gasteiger partial charge in [-0.1, -0.05) is 49.9 Å². The summed E-state index contributed by atoms with van der Waals surface area (Å²) in [5.41, 5.74) is 1.44. The highest BCUT2D eigenvalue weighted by atomic mass is 35.5. The normalized spacial score (nSPS) is 18.4. The molecule has 4 aromatic rings. The van der Waals surface area contributed by atoms with Crippen molar-refractivity contribution in [3.05, 3.63) is 101 Å². The molecular formula is C49H61ClN8O9S2. The van der Waals surface area contributed by atoms with E-state index in [-0.39, 0.29) is 57.3 Å². The van der Waals surface area contributed by atoms with Crippen LogP contribution in [0.1, 0.15) is 92.0 Å². The van der Waals surface area contributed by atoms with Gasteiger partial charge in [0.15, 0.2) is 0 Å². The summed E-state index contributed by atoms with van der Waals surface area (Å²) in [7, 11) is -5.79. The minimum Gasteiger partial charge on any atom is -0.495 e. The zero-order chi connectivity index (χ0) is 49.9. The number of carbonyl (C=O) groups excluding carboxylic acids is 3. The van der Waals surface area contributed by atoms with Crippen molar-refractivity contribution >= 4 is 49.4 Å². The first-order valence-corrected chi connectivity index (χ1v) is 26.6. The SMILES string of the molecule is COC(=O)c1ccc(OC)c(S(=O)(=O)NC(CCn2cccc2C#N)C(=O)N2CCC(C)CC2)c1.Cc1cccc(Cl)c1S(=O)(=O)NC(CCn1cccc1C#N)C(=O)N1CC[C@H]2CCCC[C@@H]2C1. The summed E-state index contributed by atoms with van der Waals surface area (Å²) < 4.78 is 72.1. The molecule has 2 aromatic heterocycles. The van der Waals surface area contributed by atoms with Crippen molar-refractivity contribution in [1.82, 2.24) is 28.4 Å². The Labute approximate surface area is 410 Å². The van der Waals surface area contributed by atoms with E-state index < -0.39 is 38.1 Å². The number of nitriles is 2. The first-order chi connectivity index (χ1) is 33.0. The van der Waals surface area contributed by atoms with Crippen molar-refractivity contribution in [2.24, 2.45) is 17.8 Å². The van der Waals surface area contributed by atoms with E-state index in [2.05, 4.69) is 28.5 Å². The number of aryl methyl sites for hydroxylation is 3. The molecule has 0 spiro atoms. The molecule has 69 heavy (non-hydrogen) atoms. The van der Waals surface area contributed by atoms with Gasteiger partial charge in [-0.15, -0.1) is 0 Å². The second kappa shape index (κ2) is 23.7. The zero-order valence-electron chi connectivity index (χ0n) is 39.5. The van der Waals surface area contributed by atoms with Gasteiger partial charge < -0.3 is 28.4 Å². The zero-order valence-corrected chi connectivity index (χ0v) is 41.9. The summed E-state index contributed by atoms with van der Waals surface area (Å²) in [6, 6.07) is 17.8. The summed E-state index contributed by atoms with van der Waals surface area (Å²) >= 11 is 6.25. The van der Waals surface area contributed by atoms with Crippen molar-refractivity contribution in [2.75, 3.05) is 40.4 Å². The van der Waals surface area contributed by atoms with Crippen LogP contribution in [-0.2, 0) is 47.5 Å². The van der Waals surface area contributed by atoms with Crippen LogP contribution in [0, 0.1) is 47.3 Å². The van der Waals surface area contributed by atoms with E-state index in [1.54, 1.807) is 69.7 Å². The average molecular weight is 1010 g/mol. The van der Waals surface area contributed by atoms with E-state index >= 15 is 0 Å². The van der Waals surface area contributed by atoms with Gasteiger partial charge in [0.25, 0.3) is 0 Å². The molecule has 0 radical (unpaired) electrons. The molecule has 17 nitrogen and oxygen atoms in total. The molecule has 4 heterocycles. The molecule has 2 aromatic carbocycles. The third-order valence-corrected chi connectivity index (χ3v) is 17.0. The Morgan fingerprint density at radius 2 is 1.32 bits per heavy atom. The van der Waals surface area contributed by atoms with Crippen molar-refractivity contribution in [2.45, 2.75) is 107 Å². The van der Waals surface area contributed by atoms with Crippen molar-refractivity contribution in [3.8, 4) is 17.9 Å². The Bertz CT molecular complexity index is 2750. The van der Waals surface area contributed by atoms with Gasteiger partial charge in [-0.2, -0.15) is 20.0 Å². The Morgan fingerprint density at radius 1 is 0.754 bits per heavy atom. The molecular weight excluding hydrogens is 944 g/mol. The third kappa shape index (κ3) is 13.1. The molecule has 2 N–H and O–H groups in total. The monoisotopic (exact) mass is 1000 g/mol. The van der Waals surface area contributed by atoms with Crippen LogP contribution in [0.3, 0.4) is 0 Å². The molecule has 3 fully saturated rings. The van der Waals surface area contributed by atoms with Gasteiger partial charge in [0.1, 0.15) is 51.2 Å². The van der Waals surface area contributed by atoms with Gasteiger partial charge in [-0.05, 0) is 117 Å². The van der Waals surface area contributed by atoms with Gasteiger partial charge in [0, 0.05) is 51.7 Å². The lowest BCUT2D eigenvalue weighted by atomic mass is 9.75. The number of nitrogens with zero attached hydrogens (tertiary/aromatic N) is 6. The van der Waals surface area contributed by atoms with Crippen LogP contribution in [0.4, 0.5) is 0 Å². The number of hydrogen-bond donors (Lipinski definition) is 2. The molecule has 2 saturated heterocycles. The summed E-state index contributed by atoms with van der Waals surface area (Å²) in [6.07, 6.45) is 11.3. The fourth-order valence-electron chi connectivity index (χ4n) is 9.48. The van der Waals surface area contributed by atoms with E-state index in [4.69, 9.17) is 21.1 Å². The van der Waals surface area contributed by atoms with Crippen LogP contribution >= 0.6 is 11.6 Å². The van der Waals surface area contributed by atoms with E-state index in [0.29, 0.717) is 67.4 Å². The fourth-order valence-corrected chi connectivity index (χ4v) is 13.0. The predicted molar refractivity (Wildman–Crippen MR) is 258 cm³/mol. The minimum atomic E-state index is -4.27. The molecule has 1 aliphatic carbocycles. The number of carbonyl (C=O) groups is 3. The summed E-state index contributed by atoms with van der Waals surface area (Å²) in [5, 5.41) is 18.7. The van der Waals surface area contributed by atoms with Gasteiger partial charge in [-0.3, -0.25) is 9.59 Å². The lowest BCUT2D eigenvalue weighted by Crippen LogP contribution is -2.53. The topological polar surface area (TPSA) is 226 Å². The van der Waals surface area contributed by atoms with Crippen LogP contribution in [0.25, 0.3) is 0 Å². The van der Waals surface area contributed by atoms with Gasteiger partial charge >= 0.3 is 5.97 Å². The number of methoxy groups -OCH3 is 2. The van der Waals surface area contributed by atoms with Crippen molar-refractivity contribution in [1.29, 1.82) is 10.5 Å². The number of amides is 2. The number of esters is 1. The lowest BCUT2D eigenvalue weighted by molar-refractivity contribution is -0.136. The van der Waals surface area contributed by atoms with Crippen LogP contribution in [0.2, 0.25) is 5.02 Å². The molecule has 1 saturated carbocycles. The number of aromatic nitrogens is 2. The Kier molecular flexibility index (Phi) is 18.1. The number of nitrogens with one attached hydrogen (secondary N) is 2. The maximum absolute atomic E-state index is 13.7. The highest BCUT2D eigenvalue weighted by molar-refractivity contribution is 7.90. The fraction of sp³-hybridized carbons (Fsp3) is 0.490. The number of rotatable bonds is 16. The first kappa shape index (κ1) is 52.7. The summed E-state index contributed by atoms with van der Waals surface area (Å²) in [5.74, 6) is 0.451. The van der Waals surface area contributed by atoms with Crippen molar-refractivity contribution in [3.63, 3.8) is 0 Å². The predicted octanol–water partition coefficient (Wildman–Crippen LogP) is 6.25. The standard InChI is InChI=1S/C25H31ClN4O3S.C24H30N4O6S/c1-18-6-4-10-22(26)24(18)34(32,33)28-23(12-15-29-13-5-9-21(29)16-27)25(31)30-14-11-19-7-2-3-8-20(19)17-30;1-17-8-12-28(13-9-17)23(29)20(10-14-27-11-4-5-19(27)16-25)26-35(31,32)22-15-18(24(30)34-3)6-7-21(22)33-2/h4-6,9-10,13,19-20,23,28H,2-3,7-8,11-12,14-15,17H2,1H3;4-7,11,15,17,20,26H,8-10,12-14H2,1-3H3/t19-,20-,23?;/m1./s1. The number of ether oxygens (including phenoxy) is 2. The third-order valence-electron chi connectivity index (χ3n) is 13.4. The minimum absolute atomic E-state index is 0.000802. The average Bonchev–Trinajstić information content (AvgIpc) is 4.02. The molecule has 2 unspecified atom stereocenters. The molecule has 370 valence electrons. The van der Waals surface area contributed by atoms with Gasteiger partial charge in [0.2, 0.25) is 31.9 Å². The maximum Gasteiger partial charge on any atom is 0.337 e. The van der Waals surface area contributed by atoms with Crippen molar-refractivity contribution < 1.29 is 40.7 Å². The molecule has 7 rings (SSSR count). The van der Waals surface area contributed by atoms with Gasteiger partial charge in [0.05, 0.1) is 24.8 Å². The molecule has 2 aliphatic heterocycles. The summed E-state index contributed by atoms with van der Waals surface area (Å²) in [6.45, 7) is 6.84. The van der Waals surface area contributed by atoms with Crippen LogP contribution in [0.5, 0.6) is 5.75 Å². The van der Waals surface area contributed by atoms with Crippen LogP contribution in [0.15, 0.2) is 82.8 Å². The molecule has 3 aliphatic rings. The number of hydrogen-bond acceptors (Lipinski definition) is 11. The van der Waals surface area contributed by atoms with E-state index in [0.717, 1.165) is 31.7 Å². The largest absolute Gasteiger partial charge is 0.495 e. The quantitative estimate of drug-likeness (QED) is 0.119. The number of likely N-dealkylation sites (tertiary alicyclic amines) is 2. The second-order valence-electron chi connectivity index (χ2n) is 18.0. The highest BCUT2D eigenvalue weighted by Gasteiger charge is 2.38. The molecule has 20 heteroatoms. The smallest absolute Gasteiger partial charge is 0.337 e. The molecule has 2 amide bonds. The molecule has 0 bridgehead atoms. The van der Waals surface area contributed by atoms with E-state index in [9.17, 15) is 41.7 Å². The number of halogens is 1. The van der Waals surface area contributed by atoms with Crippen LogP contribution < -0.4 is 14.2 Å². The number of fused-ring (bicyclic) bond motifs is 1. The maximum atomic E-state index is 13.7. The summed E-state index contributed by atoms with van der Waals surface area (Å²) in [4.78, 5) is 42.3. The lowest BCUT2D eigenvalue weighted by Gasteiger charge is -2.42. The van der Waals surface area contributed by atoms with E-state index in [1.807, 2.05) is 4.90 Å². The van der Waals surface area contributed by atoms with Gasteiger partial charge in [-0.25, -0.2) is 21.6 Å². The van der Waals surface area contributed by atoms with E-state index in [1.165, 1.54) is 51.7 Å². The number of piperidine rings is 2. The molecule has 4 atom stereocenters. The Morgan fingerprint density at radius 3 is 1.88 bits per heavy atom.